The van der Waals surface area contributed by atoms with Gasteiger partial charge in [0.25, 0.3) is 17.7 Å². The highest BCUT2D eigenvalue weighted by Gasteiger charge is 2.25. The Kier molecular flexibility index (Phi) is 8.40. The zero-order valence-electron chi connectivity index (χ0n) is 21.1. The molecule has 1 unspecified atom stereocenters. The Labute approximate surface area is 224 Å². The molecule has 10 nitrogen and oxygen atoms in total. The first-order chi connectivity index (χ1) is 18.1. The molecule has 4 rings (SSSR count). The summed E-state index contributed by atoms with van der Waals surface area (Å²) < 4.78 is 14.8. The second-order valence-electron chi connectivity index (χ2n) is 9.20. The molecule has 0 spiro atoms. The van der Waals surface area contributed by atoms with Crippen LogP contribution < -0.4 is 16.4 Å². The van der Waals surface area contributed by atoms with Crippen molar-refractivity contribution in [3.63, 3.8) is 0 Å². The summed E-state index contributed by atoms with van der Waals surface area (Å²) in [6.45, 7) is 6.18. The molecule has 12 heteroatoms. The number of benzene rings is 2. The maximum atomic E-state index is 13.3. The number of piperazine rings is 1. The molecule has 1 saturated heterocycles. The molecule has 1 fully saturated rings. The lowest BCUT2D eigenvalue weighted by molar-refractivity contribution is 0.0887. The van der Waals surface area contributed by atoms with Crippen LogP contribution in [0.3, 0.4) is 0 Å². The van der Waals surface area contributed by atoms with Crippen LogP contribution in [0, 0.1) is 5.82 Å². The van der Waals surface area contributed by atoms with Gasteiger partial charge >= 0.3 is 0 Å². The van der Waals surface area contributed by atoms with Crippen LogP contribution in [-0.4, -0.2) is 82.9 Å². The molecule has 1 aliphatic heterocycles. The minimum atomic E-state index is -0.818. The molecule has 200 valence electrons. The highest BCUT2D eigenvalue weighted by Crippen LogP contribution is 2.21. The molecular formula is C26H29ClFN7O3. The number of carbonyl (C=O) groups excluding carboxylic acids is 3. The molecule has 4 N–H and O–H groups in total. The van der Waals surface area contributed by atoms with Crippen molar-refractivity contribution >= 4 is 35.0 Å². The lowest BCUT2D eigenvalue weighted by Gasteiger charge is -2.36. The number of carbonyl (C=O) groups is 3. The van der Waals surface area contributed by atoms with Crippen molar-refractivity contribution in [2.45, 2.75) is 13.0 Å². The van der Waals surface area contributed by atoms with Crippen LogP contribution >= 0.6 is 11.6 Å². The fourth-order valence-electron chi connectivity index (χ4n) is 4.23. The summed E-state index contributed by atoms with van der Waals surface area (Å²) in [6, 6.07) is 10.2. The number of primary amides is 1. The second kappa shape index (κ2) is 11.7. The van der Waals surface area contributed by atoms with Crippen molar-refractivity contribution in [1.29, 1.82) is 0 Å². The number of imidazole rings is 1. The number of nitrogens with one attached hydrogen (secondary N) is 2. The average molecular weight is 542 g/mol. The highest BCUT2D eigenvalue weighted by atomic mass is 35.5. The Bertz CT molecular complexity index is 1340. The van der Waals surface area contributed by atoms with Crippen LogP contribution in [-0.2, 0) is 0 Å². The largest absolute Gasteiger partial charge is 0.364 e. The Morgan fingerprint density at radius 3 is 2.39 bits per heavy atom. The van der Waals surface area contributed by atoms with E-state index in [0.717, 1.165) is 38.3 Å². The number of hydrogen-bond donors (Lipinski definition) is 3. The number of rotatable bonds is 8. The van der Waals surface area contributed by atoms with Crippen LogP contribution in [0.1, 0.15) is 38.3 Å². The van der Waals surface area contributed by atoms with Crippen LogP contribution in [0.5, 0.6) is 0 Å². The van der Waals surface area contributed by atoms with Crippen LogP contribution in [0.25, 0.3) is 5.69 Å². The van der Waals surface area contributed by atoms with E-state index < -0.39 is 23.5 Å². The van der Waals surface area contributed by atoms with Gasteiger partial charge < -0.3 is 21.3 Å². The third kappa shape index (κ3) is 6.18. The van der Waals surface area contributed by atoms with E-state index >= 15 is 0 Å². The second-order valence-corrected chi connectivity index (χ2v) is 9.61. The number of hydrogen-bond acceptors (Lipinski definition) is 6. The highest BCUT2D eigenvalue weighted by molar-refractivity contribution is 6.34. The third-order valence-corrected chi connectivity index (χ3v) is 6.83. The van der Waals surface area contributed by atoms with Gasteiger partial charge in [-0.25, -0.2) is 9.37 Å². The number of nitrogens with zero attached hydrogens (tertiary/aromatic N) is 4. The lowest BCUT2D eigenvalue weighted by atomic mass is 10.2. The SMILES string of the molecule is CC(CNC(=O)c1c(C(N)=O)ncn1-c1ccc(NC(=O)c2ccc(F)cc2Cl)cc1)N1CCN(C)CC1. The van der Waals surface area contributed by atoms with Gasteiger partial charge in [0.1, 0.15) is 17.8 Å². The normalized spacial score (nSPS) is 15.2. The molecule has 0 radical (unpaired) electrons. The molecule has 3 amide bonds. The van der Waals surface area contributed by atoms with Gasteiger partial charge in [-0.15, -0.1) is 0 Å². The Morgan fingerprint density at radius 1 is 1.08 bits per heavy atom. The monoisotopic (exact) mass is 541 g/mol. The predicted octanol–water partition coefficient (Wildman–Crippen LogP) is 2.38. The molecule has 1 atom stereocenters. The maximum absolute atomic E-state index is 13.3. The number of anilines is 1. The van der Waals surface area contributed by atoms with Crippen molar-refractivity contribution in [3.8, 4) is 5.69 Å². The smallest absolute Gasteiger partial charge is 0.270 e. The van der Waals surface area contributed by atoms with Gasteiger partial charge in [0.2, 0.25) is 0 Å². The predicted molar refractivity (Wildman–Crippen MR) is 142 cm³/mol. The van der Waals surface area contributed by atoms with E-state index in [9.17, 15) is 18.8 Å². The molecule has 3 aromatic rings. The zero-order chi connectivity index (χ0) is 27.4. The minimum absolute atomic E-state index is 0.00545. The van der Waals surface area contributed by atoms with Crippen LogP contribution in [0.4, 0.5) is 10.1 Å². The Balaban J connectivity index is 1.48. The molecule has 0 aliphatic carbocycles. The van der Waals surface area contributed by atoms with Crippen molar-refractivity contribution < 1.29 is 18.8 Å². The average Bonchev–Trinajstić information content (AvgIpc) is 3.33. The first kappa shape index (κ1) is 27.2. The molecule has 1 aromatic heterocycles. The Hall–Kier alpha value is -3.80. The van der Waals surface area contributed by atoms with E-state index in [1.165, 1.54) is 17.0 Å². The fourth-order valence-corrected chi connectivity index (χ4v) is 4.49. The van der Waals surface area contributed by atoms with E-state index in [1.54, 1.807) is 24.3 Å². The Morgan fingerprint density at radius 2 is 1.76 bits per heavy atom. The summed E-state index contributed by atoms with van der Waals surface area (Å²) in [6.07, 6.45) is 1.35. The summed E-state index contributed by atoms with van der Waals surface area (Å²) in [4.78, 5) is 46.4. The summed E-state index contributed by atoms with van der Waals surface area (Å²) in [5.74, 6) is -2.34. The van der Waals surface area contributed by atoms with Gasteiger partial charge in [0.05, 0.1) is 10.6 Å². The minimum Gasteiger partial charge on any atom is -0.364 e. The molecular weight excluding hydrogens is 513 g/mol. The van der Waals surface area contributed by atoms with Crippen LogP contribution in [0.15, 0.2) is 48.8 Å². The molecule has 38 heavy (non-hydrogen) atoms. The number of nitrogens with two attached hydrogens (primary N) is 1. The first-order valence-corrected chi connectivity index (χ1v) is 12.5. The quantitative estimate of drug-likeness (QED) is 0.402. The van der Waals surface area contributed by atoms with E-state index in [0.29, 0.717) is 17.9 Å². The summed E-state index contributed by atoms with van der Waals surface area (Å²) >= 11 is 5.97. The summed E-state index contributed by atoms with van der Waals surface area (Å²) in [5, 5.41) is 5.59. The zero-order valence-corrected chi connectivity index (χ0v) is 21.8. The van der Waals surface area contributed by atoms with E-state index in [4.69, 9.17) is 17.3 Å². The van der Waals surface area contributed by atoms with Gasteiger partial charge in [-0.3, -0.25) is 23.9 Å². The van der Waals surface area contributed by atoms with Gasteiger partial charge in [0.15, 0.2) is 5.69 Å². The van der Waals surface area contributed by atoms with Gasteiger partial charge in [-0.2, -0.15) is 0 Å². The molecule has 0 saturated carbocycles. The fraction of sp³-hybridized carbons (Fsp3) is 0.308. The molecule has 0 bridgehead atoms. The van der Waals surface area contributed by atoms with Crippen molar-refractivity contribution in [3.05, 3.63) is 76.6 Å². The number of halogens is 2. The topological polar surface area (TPSA) is 126 Å². The summed E-state index contributed by atoms with van der Waals surface area (Å²) in [5.41, 5.74) is 6.48. The lowest BCUT2D eigenvalue weighted by Crippen LogP contribution is -2.51. The van der Waals surface area contributed by atoms with Gasteiger partial charge in [-0.1, -0.05) is 11.6 Å². The maximum Gasteiger partial charge on any atom is 0.270 e. The molecule has 2 heterocycles. The third-order valence-electron chi connectivity index (χ3n) is 6.51. The van der Waals surface area contributed by atoms with Crippen molar-refractivity contribution in [1.82, 2.24) is 24.7 Å². The van der Waals surface area contributed by atoms with Crippen LogP contribution in [0.2, 0.25) is 5.02 Å². The number of likely N-dealkylation sites (N-methyl/N-ethyl adjacent to an activating group) is 1. The van der Waals surface area contributed by atoms with E-state index in [-0.39, 0.29) is 28.0 Å². The van der Waals surface area contributed by atoms with E-state index in [1.807, 2.05) is 6.92 Å². The number of amides is 3. The van der Waals surface area contributed by atoms with Crippen molar-refractivity contribution in [2.24, 2.45) is 5.73 Å². The van der Waals surface area contributed by atoms with Crippen molar-refractivity contribution in [2.75, 3.05) is 45.1 Å². The number of aromatic nitrogens is 2. The summed E-state index contributed by atoms with van der Waals surface area (Å²) in [7, 11) is 2.08. The first-order valence-electron chi connectivity index (χ1n) is 12.1. The van der Waals surface area contributed by atoms with Gasteiger partial charge in [0, 0.05) is 50.1 Å². The molecule has 2 aromatic carbocycles. The van der Waals surface area contributed by atoms with E-state index in [2.05, 4.69) is 32.5 Å². The standard InChI is InChI=1S/C26H29ClFN7O3/c1-16(34-11-9-33(2)10-12-34)14-30-26(38)23-22(24(29)36)31-15-35(23)19-6-4-18(5-7-19)32-25(37)20-8-3-17(28)13-21(20)27/h3-8,13,15-16H,9-12,14H2,1-2H3,(H2,29,36)(H,30,38)(H,32,37). The van der Waals surface area contributed by atoms with Gasteiger partial charge in [-0.05, 0) is 56.4 Å². The molecule has 1 aliphatic rings.